The Hall–Kier alpha value is 0.0869. The van der Waals surface area contributed by atoms with Crippen molar-refractivity contribution >= 4 is 30.9 Å². The maximum absolute atomic E-state index is 6.30. The summed E-state index contributed by atoms with van der Waals surface area (Å²) in [6.07, 6.45) is 2.19. The molecule has 0 aromatic heterocycles. The Morgan fingerprint density at radius 2 is 1.73 bits per heavy atom. The molecule has 0 N–H and O–H groups in total. The smallest absolute Gasteiger partial charge is 0.191 e. The summed E-state index contributed by atoms with van der Waals surface area (Å²) in [5.41, 5.74) is 1.34. The van der Waals surface area contributed by atoms with Crippen LogP contribution in [0.4, 0.5) is 0 Å². The molecule has 0 saturated heterocycles. The molecule has 22 heavy (non-hydrogen) atoms. The van der Waals surface area contributed by atoms with Gasteiger partial charge >= 0.3 is 0 Å². The summed E-state index contributed by atoms with van der Waals surface area (Å²) in [5, 5.41) is 0.269. The Kier molecular flexibility index (Phi) is 8.60. The van der Waals surface area contributed by atoms with Gasteiger partial charge in [-0.15, -0.1) is 0 Å². The van der Waals surface area contributed by atoms with Gasteiger partial charge in [-0.1, -0.05) is 73.7 Å². The third-order valence-electron chi connectivity index (χ3n) is 4.45. The predicted octanol–water partition coefficient (Wildman–Crippen LogP) is 5.46. The van der Waals surface area contributed by atoms with Crippen LogP contribution in [-0.2, 0) is 15.6 Å². The minimum Gasteiger partial charge on any atom is -0.417 e. The maximum Gasteiger partial charge on any atom is 0.191 e. The molecular weight excluding hydrogens is 403 g/mol. The number of hydrogen-bond acceptors (Lipinski definition) is 2. The molecule has 0 amide bonds. The van der Waals surface area contributed by atoms with Crippen LogP contribution in [0.3, 0.4) is 0 Å². The van der Waals surface area contributed by atoms with E-state index in [2.05, 4.69) is 86.8 Å². The number of hydrogen-bond donors (Lipinski definition) is 0. The molecule has 126 valence electrons. The molecule has 0 aliphatic heterocycles. The first kappa shape index (κ1) is 20.1. The molecule has 0 saturated carbocycles. The minimum atomic E-state index is -1.65. The average molecular weight is 434 g/mol. The molecule has 1 unspecified atom stereocenters. The van der Waals surface area contributed by atoms with Crippen molar-refractivity contribution in [3.05, 3.63) is 35.9 Å². The van der Waals surface area contributed by atoms with Crippen LogP contribution in [0.2, 0.25) is 18.1 Å². The van der Waals surface area contributed by atoms with Gasteiger partial charge in [-0.05, 0) is 36.5 Å². The lowest BCUT2D eigenvalue weighted by molar-refractivity contribution is 0.0483. The SMILES string of the molecule is CC(C)(C)[Si](C)(C)OCCC(Cc1ccccc1)OCCI. The van der Waals surface area contributed by atoms with E-state index in [0.717, 1.165) is 30.5 Å². The summed E-state index contributed by atoms with van der Waals surface area (Å²) >= 11 is 2.36. The first-order chi connectivity index (χ1) is 10.3. The molecule has 4 heteroatoms. The van der Waals surface area contributed by atoms with E-state index in [9.17, 15) is 0 Å². The molecule has 2 nitrogen and oxygen atoms in total. The molecule has 0 aliphatic rings. The zero-order valence-corrected chi connectivity index (χ0v) is 17.9. The largest absolute Gasteiger partial charge is 0.417 e. The molecular formula is C18H31IO2Si. The second kappa shape index (κ2) is 9.40. The molecule has 0 spiro atoms. The van der Waals surface area contributed by atoms with Crippen LogP contribution in [0.15, 0.2) is 30.3 Å². The fraction of sp³-hybridized carbons (Fsp3) is 0.667. The molecule has 1 rings (SSSR count). The van der Waals surface area contributed by atoms with E-state index in [1.807, 2.05) is 0 Å². The number of alkyl halides is 1. The zero-order chi connectivity index (χ0) is 16.6. The maximum atomic E-state index is 6.30. The second-order valence-electron chi connectivity index (χ2n) is 7.27. The summed E-state index contributed by atoms with van der Waals surface area (Å²) in [4.78, 5) is 0. The van der Waals surface area contributed by atoms with E-state index in [4.69, 9.17) is 9.16 Å². The average Bonchev–Trinajstić information content (AvgIpc) is 2.44. The summed E-state index contributed by atoms with van der Waals surface area (Å²) in [7, 11) is -1.65. The van der Waals surface area contributed by atoms with E-state index in [1.54, 1.807) is 0 Å². The molecule has 0 heterocycles. The van der Waals surface area contributed by atoms with Crippen molar-refractivity contribution in [3.8, 4) is 0 Å². The van der Waals surface area contributed by atoms with Crippen molar-refractivity contribution in [1.29, 1.82) is 0 Å². The first-order valence-electron chi connectivity index (χ1n) is 8.12. The van der Waals surface area contributed by atoms with Crippen molar-refractivity contribution in [1.82, 2.24) is 0 Å². The first-order valence-corrected chi connectivity index (χ1v) is 12.5. The lowest BCUT2D eigenvalue weighted by atomic mass is 10.1. The van der Waals surface area contributed by atoms with Gasteiger partial charge in [0.1, 0.15) is 0 Å². The van der Waals surface area contributed by atoms with Crippen LogP contribution in [-0.4, -0.2) is 32.1 Å². The van der Waals surface area contributed by atoms with Gasteiger partial charge in [0.05, 0.1) is 12.7 Å². The molecule has 1 atom stereocenters. The Labute approximate surface area is 151 Å². The minimum absolute atomic E-state index is 0.252. The molecule has 1 aromatic carbocycles. The fourth-order valence-corrected chi connectivity index (χ4v) is 3.31. The van der Waals surface area contributed by atoms with Gasteiger partial charge in [0, 0.05) is 11.0 Å². The fourth-order valence-electron chi connectivity index (χ4n) is 1.99. The standard InChI is InChI=1S/C18H31IO2Si/c1-18(2,3)22(4,5)21-13-11-17(20-14-12-19)15-16-9-7-6-8-10-16/h6-10,17H,11-15H2,1-5H3. The number of benzene rings is 1. The Balaban J connectivity index is 2.51. The van der Waals surface area contributed by atoms with Crippen molar-refractivity contribution in [3.63, 3.8) is 0 Å². The molecule has 0 radical (unpaired) electrons. The van der Waals surface area contributed by atoms with Crippen LogP contribution in [0.1, 0.15) is 32.8 Å². The van der Waals surface area contributed by atoms with Crippen molar-refractivity contribution in [2.45, 2.75) is 57.8 Å². The third kappa shape index (κ3) is 7.11. The van der Waals surface area contributed by atoms with Crippen LogP contribution >= 0.6 is 22.6 Å². The number of halogens is 1. The second-order valence-corrected chi connectivity index (χ2v) is 13.2. The van der Waals surface area contributed by atoms with Crippen LogP contribution in [0.25, 0.3) is 0 Å². The lowest BCUT2D eigenvalue weighted by Crippen LogP contribution is -2.41. The summed E-state index contributed by atoms with van der Waals surface area (Å²) in [6, 6.07) is 10.6. The normalized spacial score (nSPS) is 14.1. The third-order valence-corrected chi connectivity index (χ3v) is 9.42. The topological polar surface area (TPSA) is 18.5 Å². The van der Waals surface area contributed by atoms with E-state index in [1.165, 1.54) is 5.56 Å². The highest BCUT2D eigenvalue weighted by atomic mass is 127. The highest BCUT2D eigenvalue weighted by Gasteiger charge is 2.37. The Bertz CT molecular complexity index is 415. The van der Waals surface area contributed by atoms with E-state index >= 15 is 0 Å². The van der Waals surface area contributed by atoms with Gasteiger partial charge in [0.15, 0.2) is 8.32 Å². The highest BCUT2D eigenvalue weighted by Crippen LogP contribution is 2.36. The van der Waals surface area contributed by atoms with Crippen molar-refractivity contribution in [2.75, 3.05) is 17.6 Å². The van der Waals surface area contributed by atoms with Gasteiger partial charge in [0.2, 0.25) is 0 Å². The highest BCUT2D eigenvalue weighted by molar-refractivity contribution is 14.1. The van der Waals surface area contributed by atoms with E-state index in [0.29, 0.717) is 0 Å². The molecule has 0 aliphatic carbocycles. The Morgan fingerprint density at radius 1 is 1.09 bits per heavy atom. The lowest BCUT2D eigenvalue weighted by Gasteiger charge is -2.36. The summed E-state index contributed by atoms with van der Waals surface area (Å²) in [6.45, 7) is 13.1. The zero-order valence-electron chi connectivity index (χ0n) is 14.7. The summed E-state index contributed by atoms with van der Waals surface area (Å²) < 4.78 is 13.4. The monoisotopic (exact) mass is 434 g/mol. The molecule has 0 bridgehead atoms. The number of ether oxygens (including phenoxy) is 1. The molecule has 1 aromatic rings. The number of rotatable bonds is 9. The summed E-state index contributed by atoms with van der Waals surface area (Å²) in [5.74, 6) is 0. The van der Waals surface area contributed by atoms with Gasteiger partial charge in [-0.25, -0.2) is 0 Å². The quantitative estimate of drug-likeness (QED) is 0.292. The Morgan fingerprint density at radius 3 is 2.27 bits per heavy atom. The van der Waals surface area contributed by atoms with Crippen molar-refractivity contribution in [2.24, 2.45) is 0 Å². The van der Waals surface area contributed by atoms with Crippen LogP contribution < -0.4 is 0 Å². The van der Waals surface area contributed by atoms with Gasteiger partial charge in [-0.2, -0.15) is 0 Å². The van der Waals surface area contributed by atoms with E-state index in [-0.39, 0.29) is 11.1 Å². The van der Waals surface area contributed by atoms with Gasteiger partial charge < -0.3 is 9.16 Å². The van der Waals surface area contributed by atoms with Crippen molar-refractivity contribution < 1.29 is 9.16 Å². The van der Waals surface area contributed by atoms with E-state index < -0.39 is 8.32 Å². The van der Waals surface area contributed by atoms with Gasteiger partial charge in [-0.3, -0.25) is 0 Å². The molecule has 0 fully saturated rings. The van der Waals surface area contributed by atoms with Gasteiger partial charge in [0.25, 0.3) is 0 Å². The van der Waals surface area contributed by atoms with Crippen LogP contribution in [0.5, 0.6) is 0 Å². The van der Waals surface area contributed by atoms with Crippen LogP contribution in [0, 0.1) is 0 Å². The predicted molar refractivity (Wildman–Crippen MR) is 107 cm³/mol.